The van der Waals surface area contributed by atoms with Crippen LogP contribution in [0.3, 0.4) is 0 Å². The summed E-state index contributed by atoms with van der Waals surface area (Å²) in [5.74, 6) is -0.282. The van der Waals surface area contributed by atoms with Crippen molar-refractivity contribution in [1.82, 2.24) is 5.32 Å². The molecule has 0 heterocycles. The smallest absolute Gasteiger partial charge is 0.324 e. The molecular weight excluding hydrogens is 314 g/mol. The highest BCUT2D eigenvalue weighted by Crippen LogP contribution is 2.17. The number of hydrogen-bond donors (Lipinski definition) is 3. The summed E-state index contributed by atoms with van der Waals surface area (Å²) >= 11 is 0. The summed E-state index contributed by atoms with van der Waals surface area (Å²) in [6.07, 6.45) is 0. The average Bonchev–Trinajstić information content (AvgIpc) is 2.59. The highest BCUT2D eigenvalue weighted by molar-refractivity contribution is 6.01. The number of anilines is 1. The molecule has 1 unspecified atom stereocenters. The van der Waals surface area contributed by atoms with Crippen LogP contribution in [0.25, 0.3) is 0 Å². The molecule has 0 aliphatic carbocycles. The number of benzene rings is 2. The van der Waals surface area contributed by atoms with Crippen molar-refractivity contribution >= 4 is 17.6 Å². The Morgan fingerprint density at radius 3 is 2.40 bits per heavy atom. The number of hydrogen-bond acceptors (Lipinski definition) is 2. The first-order chi connectivity index (χ1) is 12.0. The fourth-order valence-electron chi connectivity index (χ4n) is 2.63. The van der Waals surface area contributed by atoms with E-state index in [4.69, 9.17) is 0 Å². The van der Waals surface area contributed by atoms with Gasteiger partial charge in [0.25, 0.3) is 5.91 Å². The molecule has 2 aromatic carbocycles. The number of carbonyl (C=O) groups excluding carboxylic acids is 2. The van der Waals surface area contributed by atoms with Gasteiger partial charge in [0.15, 0.2) is 6.54 Å². The van der Waals surface area contributed by atoms with Gasteiger partial charge in [-0.1, -0.05) is 42.5 Å². The van der Waals surface area contributed by atoms with Gasteiger partial charge in [0, 0.05) is 11.3 Å². The van der Waals surface area contributed by atoms with E-state index >= 15 is 0 Å². The molecule has 0 saturated carbocycles. The summed E-state index contributed by atoms with van der Waals surface area (Å²) in [5.41, 5.74) is 3.98. The standard InChI is InChI=1S/C20H25N3O2/c1-4-23(13-17-10-6-5-7-11-17)14-19(24)22-20(25)21-18-12-8-9-15(2)16(18)3/h5-12H,4,13-14H2,1-3H3,(H2,21,22,24,25)/p+1. The van der Waals surface area contributed by atoms with Crippen LogP contribution in [-0.2, 0) is 11.3 Å². The fourth-order valence-corrected chi connectivity index (χ4v) is 2.63. The summed E-state index contributed by atoms with van der Waals surface area (Å²) in [5, 5.41) is 5.16. The first kappa shape index (κ1) is 18.7. The molecule has 132 valence electrons. The zero-order valence-corrected chi connectivity index (χ0v) is 15.1. The van der Waals surface area contributed by atoms with Crippen LogP contribution in [0.4, 0.5) is 10.5 Å². The number of nitrogens with one attached hydrogen (secondary N) is 3. The first-order valence-electron chi connectivity index (χ1n) is 8.54. The van der Waals surface area contributed by atoms with Crippen LogP contribution >= 0.6 is 0 Å². The molecule has 2 rings (SSSR count). The summed E-state index contributed by atoms with van der Waals surface area (Å²) < 4.78 is 0. The van der Waals surface area contributed by atoms with Crippen LogP contribution in [0.5, 0.6) is 0 Å². The van der Waals surface area contributed by atoms with Crippen molar-refractivity contribution in [2.75, 3.05) is 18.4 Å². The quantitative estimate of drug-likeness (QED) is 0.754. The number of rotatable bonds is 6. The second-order valence-electron chi connectivity index (χ2n) is 6.19. The summed E-state index contributed by atoms with van der Waals surface area (Å²) in [6.45, 7) is 7.77. The molecule has 0 saturated heterocycles. The van der Waals surface area contributed by atoms with Crippen LogP contribution < -0.4 is 15.5 Å². The van der Waals surface area contributed by atoms with Gasteiger partial charge < -0.3 is 10.2 Å². The van der Waals surface area contributed by atoms with Crippen LogP contribution in [0.2, 0.25) is 0 Å². The van der Waals surface area contributed by atoms with Gasteiger partial charge in [-0.05, 0) is 38.0 Å². The zero-order chi connectivity index (χ0) is 18.2. The molecular formula is C20H26N3O2+. The van der Waals surface area contributed by atoms with Gasteiger partial charge in [0.1, 0.15) is 6.54 Å². The maximum Gasteiger partial charge on any atom is 0.326 e. The van der Waals surface area contributed by atoms with Gasteiger partial charge >= 0.3 is 6.03 Å². The SMILES string of the molecule is CC[NH+](CC(=O)NC(=O)Nc1cccc(C)c1C)Cc1ccccc1. The van der Waals surface area contributed by atoms with Crippen LogP contribution in [0.1, 0.15) is 23.6 Å². The molecule has 1 atom stereocenters. The van der Waals surface area contributed by atoms with Crippen molar-refractivity contribution in [3.05, 3.63) is 65.2 Å². The van der Waals surface area contributed by atoms with Gasteiger partial charge in [-0.25, -0.2) is 4.79 Å². The second-order valence-corrected chi connectivity index (χ2v) is 6.19. The minimum Gasteiger partial charge on any atom is -0.324 e. The fraction of sp³-hybridized carbons (Fsp3) is 0.300. The Labute approximate surface area is 149 Å². The van der Waals surface area contributed by atoms with Crippen molar-refractivity contribution in [3.63, 3.8) is 0 Å². The number of quaternary nitrogens is 1. The van der Waals surface area contributed by atoms with E-state index in [0.717, 1.165) is 29.1 Å². The van der Waals surface area contributed by atoms with Crippen molar-refractivity contribution < 1.29 is 14.5 Å². The normalized spacial score (nSPS) is 11.6. The lowest BCUT2D eigenvalue weighted by Crippen LogP contribution is -3.11. The third-order valence-corrected chi connectivity index (χ3v) is 4.31. The molecule has 0 radical (unpaired) electrons. The maximum atomic E-state index is 12.2. The molecule has 0 aliphatic rings. The number of imide groups is 1. The average molecular weight is 340 g/mol. The van der Waals surface area contributed by atoms with Crippen LogP contribution in [0, 0.1) is 13.8 Å². The number of likely N-dealkylation sites (N-methyl/N-ethyl adjacent to an activating group) is 1. The first-order valence-corrected chi connectivity index (χ1v) is 8.54. The maximum absolute atomic E-state index is 12.2. The third kappa shape index (κ3) is 5.72. The van der Waals surface area contributed by atoms with E-state index < -0.39 is 6.03 Å². The Morgan fingerprint density at radius 2 is 1.72 bits per heavy atom. The van der Waals surface area contributed by atoms with E-state index in [1.54, 1.807) is 0 Å². The largest absolute Gasteiger partial charge is 0.326 e. The molecule has 0 aliphatic heterocycles. The van der Waals surface area contributed by atoms with Crippen molar-refractivity contribution in [2.45, 2.75) is 27.3 Å². The third-order valence-electron chi connectivity index (χ3n) is 4.31. The lowest BCUT2D eigenvalue weighted by molar-refractivity contribution is -0.904. The molecule has 3 amide bonds. The Kier molecular flexibility index (Phi) is 6.71. The van der Waals surface area contributed by atoms with E-state index in [0.29, 0.717) is 5.69 Å². The zero-order valence-electron chi connectivity index (χ0n) is 15.1. The predicted molar refractivity (Wildman–Crippen MR) is 99.6 cm³/mol. The molecule has 0 bridgehead atoms. The topological polar surface area (TPSA) is 62.6 Å². The molecule has 5 heteroatoms. The summed E-state index contributed by atoms with van der Waals surface area (Å²) in [4.78, 5) is 25.3. The van der Waals surface area contributed by atoms with Gasteiger partial charge in [-0.2, -0.15) is 0 Å². The number of aryl methyl sites for hydroxylation is 1. The number of carbonyl (C=O) groups is 2. The Morgan fingerprint density at radius 1 is 1.00 bits per heavy atom. The number of urea groups is 1. The second kappa shape index (κ2) is 8.99. The summed E-state index contributed by atoms with van der Waals surface area (Å²) in [7, 11) is 0. The molecule has 0 fully saturated rings. The van der Waals surface area contributed by atoms with E-state index in [1.807, 2.05) is 69.3 Å². The molecule has 3 N–H and O–H groups in total. The minimum absolute atomic E-state index is 0.256. The molecule has 25 heavy (non-hydrogen) atoms. The predicted octanol–water partition coefficient (Wildman–Crippen LogP) is 2.06. The van der Waals surface area contributed by atoms with Gasteiger partial charge in [-0.15, -0.1) is 0 Å². The van der Waals surface area contributed by atoms with Crippen LogP contribution in [0.15, 0.2) is 48.5 Å². The number of amides is 3. The van der Waals surface area contributed by atoms with Crippen molar-refractivity contribution in [3.8, 4) is 0 Å². The summed E-state index contributed by atoms with van der Waals surface area (Å²) in [6, 6.07) is 15.2. The molecule has 0 spiro atoms. The van der Waals surface area contributed by atoms with Gasteiger partial charge in [0.2, 0.25) is 0 Å². The van der Waals surface area contributed by atoms with Gasteiger partial charge in [0.05, 0.1) is 6.54 Å². The molecule has 2 aromatic rings. The Hall–Kier alpha value is -2.66. The van der Waals surface area contributed by atoms with E-state index in [1.165, 1.54) is 5.56 Å². The van der Waals surface area contributed by atoms with Crippen molar-refractivity contribution in [2.24, 2.45) is 0 Å². The Balaban J connectivity index is 1.87. The minimum atomic E-state index is -0.492. The lowest BCUT2D eigenvalue weighted by Gasteiger charge is -2.17. The monoisotopic (exact) mass is 340 g/mol. The van der Waals surface area contributed by atoms with E-state index in [9.17, 15) is 9.59 Å². The molecule has 5 nitrogen and oxygen atoms in total. The highest BCUT2D eigenvalue weighted by atomic mass is 16.2. The lowest BCUT2D eigenvalue weighted by atomic mass is 10.1. The molecule has 0 aromatic heterocycles. The van der Waals surface area contributed by atoms with Crippen molar-refractivity contribution in [1.29, 1.82) is 0 Å². The Bertz CT molecular complexity index is 729. The van der Waals surface area contributed by atoms with E-state index in [-0.39, 0.29) is 12.5 Å². The van der Waals surface area contributed by atoms with E-state index in [2.05, 4.69) is 10.6 Å². The highest BCUT2D eigenvalue weighted by Gasteiger charge is 2.16. The van der Waals surface area contributed by atoms with Gasteiger partial charge in [-0.3, -0.25) is 10.1 Å². The van der Waals surface area contributed by atoms with Crippen LogP contribution in [-0.4, -0.2) is 25.0 Å².